The van der Waals surface area contributed by atoms with Gasteiger partial charge in [0.2, 0.25) is 5.96 Å². The number of fused-ring (bicyclic) bond motifs is 1. The van der Waals surface area contributed by atoms with Crippen LogP contribution < -0.4 is 20.6 Å². The van der Waals surface area contributed by atoms with Crippen LogP contribution in [0.3, 0.4) is 0 Å². The maximum atomic E-state index is 5.88. The Morgan fingerprint density at radius 3 is 2.64 bits per heavy atom. The van der Waals surface area contributed by atoms with Crippen molar-refractivity contribution in [2.24, 2.45) is 28.7 Å². The third kappa shape index (κ3) is 3.95. The van der Waals surface area contributed by atoms with Crippen LogP contribution in [-0.4, -0.2) is 16.7 Å². The third-order valence-electron chi connectivity index (χ3n) is 3.81. The molecule has 3 rings (SSSR count). The Hall–Kier alpha value is -3.35. The summed E-state index contributed by atoms with van der Waals surface area (Å²) in [7, 11) is 2.03. The van der Waals surface area contributed by atoms with Crippen molar-refractivity contribution in [2.45, 2.75) is 13.5 Å². The lowest BCUT2D eigenvalue weighted by Crippen LogP contribution is -2.21. The van der Waals surface area contributed by atoms with Crippen molar-refractivity contribution in [3.8, 4) is 5.75 Å². The van der Waals surface area contributed by atoms with Crippen LogP contribution in [0.1, 0.15) is 16.8 Å². The largest absolute Gasteiger partial charge is 0.485 e. The van der Waals surface area contributed by atoms with E-state index < -0.39 is 0 Å². The molecule has 0 saturated carbocycles. The number of guanidine groups is 1. The number of hydrogen-bond acceptors (Lipinski definition) is 3. The summed E-state index contributed by atoms with van der Waals surface area (Å²) in [6.45, 7) is 2.56. The Labute approximate surface area is 145 Å². The maximum absolute atomic E-state index is 5.88. The van der Waals surface area contributed by atoms with Gasteiger partial charge in [-0.2, -0.15) is 5.10 Å². The van der Waals surface area contributed by atoms with Gasteiger partial charge < -0.3 is 16.2 Å². The van der Waals surface area contributed by atoms with Gasteiger partial charge in [-0.25, -0.2) is 8.97 Å². The number of nitrogens with two attached hydrogens (primary N) is 2. The number of nitrogens with zero attached hydrogens (tertiary/aromatic N) is 4. The van der Waals surface area contributed by atoms with E-state index in [1.807, 2.05) is 31.3 Å². The molecule has 128 valence electrons. The molecule has 0 atom stereocenters. The molecule has 3 aromatic rings. The van der Waals surface area contributed by atoms with Gasteiger partial charge in [0, 0.05) is 6.07 Å². The minimum atomic E-state index is -0.0702. The minimum Gasteiger partial charge on any atom is -0.485 e. The fourth-order valence-electron chi connectivity index (χ4n) is 2.51. The Balaban J connectivity index is 1.68. The van der Waals surface area contributed by atoms with Gasteiger partial charge in [-0.3, -0.25) is 0 Å². The van der Waals surface area contributed by atoms with Crippen LogP contribution in [0.15, 0.2) is 59.0 Å². The molecule has 1 aromatic carbocycles. The summed E-state index contributed by atoms with van der Waals surface area (Å²) in [5.74, 6) is 0.713. The van der Waals surface area contributed by atoms with Crippen LogP contribution in [0.2, 0.25) is 0 Å². The second kappa shape index (κ2) is 7.04. The van der Waals surface area contributed by atoms with Gasteiger partial charge in [-0.1, -0.05) is 0 Å². The summed E-state index contributed by atoms with van der Waals surface area (Å²) in [5, 5.41) is 7.33. The molecule has 4 N–H and O–H groups in total. The van der Waals surface area contributed by atoms with Crippen LogP contribution in [0.5, 0.6) is 5.75 Å². The van der Waals surface area contributed by atoms with Gasteiger partial charge in [-0.05, 0) is 48.4 Å². The zero-order chi connectivity index (χ0) is 17.8. The molecule has 0 bridgehead atoms. The fourth-order valence-corrected chi connectivity index (χ4v) is 2.51. The van der Waals surface area contributed by atoms with Crippen molar-refractivity contribution in [1.82, 2.24) is 4.57 Å². The Morgan fingerprint density at radius 1 is 1.16 bits per heavy atom. The normalized spacial score (nSPS) is 11.1. The highest BCUT2D eigenvalue weighted by molar-refractivity contribution is 5.81. The van der Waals surface area contributed by atoms with E-state index >= 15 is 0 Å². The van der Waals surface area contributed by atoms with Crippen molar-refractivity contribution < 1.29 is 9.14 Å². The zero-order valence-electron chi connectivity index (χ0n) is 14.3. The Kier molecular flexibility index (Phi) is 4.65. The topological polar surface area (TPSA) is 95.0 Å². The van der Waals surface area contributed by atoms with Crippen molar-refractivity contribution in [3.63, 3.8) is 0 Å². The Bertz CT molecular complexity index is 936. The Morgan fingerprint density at radius 2 is 1.92 bits per heavy atom. The average molecular weight is 337 g/mol. The molecule has 0 saturated heterocycles. The van der Waals surface area contributed by atoms with Crippen molar-refractivity contribution in [1.29, 1.82) is 0 Å². The fraction of sp³-hybridized carbons (Fsp3) is 0.167. The van der Waals surface area contributed by atoms with E-state index in [1.165, 1.54) is 5.56 Å². The lowest BCUT2D eigenvalue weighted by Gasteiger charge is -2.04. The summed E-state index contributed by atoms with van der Waals surface area (Å²) >= 11 is 0. The van der Waals surface area contributed by atoms with Gasteiger partial charge in [0.05, 0.1) is 19.5 Å². The first-order chi connectivity index (χ1) is 12.0. The van der Waals surface area contributed by atoms with Crippen LogP contribution in [0.4, 0.5) is 0 Å². The lowest BCUT2D eigenvalue weighted by atomic mass is 10.2. The van der Waals surface area contributed by atoms with E-state index in [9.17, 15) is 0 Å². The number of aromatic nitrogens is 2. The highest BCUT2D eigenvalue weighted by atomic mass is 16.5. The van der Waals surface area contributed by atoms with Gasteiger partial charge >= 0.3 is 0 Å². The highest BCUT2D eigenvalue weighted by Crippen LogP contribution is 2.14. The molecular formula is C18H21N6O+. The maximum Gasteiger partial charge on any atom is 0.286 e. The number of ether oxygens (including phenoxy) is 1. The summed E-state index contributed by atoms with van der Waals surface area (Å²) in [5.41, 5.74) is 14.7. The van der Waals surface area contributed by atoms with Crippen LogP contribution >= 0.6 is 0 Å². The minimum absolute atomic E-state index is 0.0702. The quantitative estimate of drug-likeness (QED) is 0.317. The summed E-state index contributed by atoms with van der Waals surface area (Å²) in [4.78, 5) is 0. The molecule has 0 radical (unpaired) electrons. The van der Waals surface area contributed by atoms with E-state index in [0.717, 1.165) is 22.7 Å². The SMILES string of the molecule is Cc1ccc2n(C)c(COc3ccc(/C=N/N=C(N)N)cc3)c[n+]2c1. The second-order valence-corrected chi connectivity index (χ2v) is 5.78. The molecule has 7 nitrogen and oxygen atoms in total. The molecule has 0 unspecified atom stereocenters. The smallest absolute Gasteiger partial charge is 0.286 e. The van der Waals surface area contributed by atoms with Crippen LogP contribution in [0.25, 0.3) is 5.65 Å². The van der Waals surface area contributed by atoms with E-state index in [0.29, 0.717) is 6.61 Å². The monoisotopic (exact) mass is 337 g/mol. The molecule has 0 aliphatic heterocycles. The highest BCUT2D eigenvalue weighted by Gasteiger charge is 2.14. The van der Waals surface area contributed by atoms with E-state index in [1.54, 1.807) is 6.21 Å². The number of pyridine rings is 1. The predicted molar refractivity (Wildman–Crippen MR) is 97.5 cm³/mol. The summed E-state index contributed by atoms with van der Waals surface area (Å²) < 4.78 is 10.1. The molecule has 25 heavy (non-hydrogen) atoms. The molecule has 0 spiro atoms. The summed E-state index contributed by atoms with van der Waals surface area (Å²) in [6.07, 6.45) is 5.76. The summed E-state index contributed by atoms with van der Waals surface area (Å²) in [6, 6.07) is 11.8. The number of rotatable bonds is 5. The van der Waals surface area contributed by atoms with E-state index in [2.05, 4.69) is 50.6 Å². The number of imidazole rings is 1. The lowest BCUT2D eigenvalue weighted by molar-refractivity contribution is -0.511. The van der Waals surface area contributed by atoms with Gasteiger partial charge in [-0.15, -0.1) is 5.10 Å². The molecular weight excluding hydrogens is 316 g/mol. The average Bonchev–Trinajstić information content (AvgIpc) is 2.89. The van der Waals surface area contributed by atoms with Gasteiger partial charge in [0.1, 0.15) is 11.9 Å². The molecule has 2 heterocycles. The molecule has 0 fully saturated rings. The van der Waals surface area contributed by atoms with Crippen molar-refractivity contribution in [2.75, 3.05) is 0 Å². The third-order valence-corrected chi connectivity index (χ3v) is 3.81. The van der Waals surface area contributed by atoms with Crippen LogP contribution in [0, 0.1) is 6.92 Å². The van der Waals surface area contributed by atoms with Crippen molar-refractivity contribution in [3.05, 3.63) is 65.6 Å². The zero-order valence-corrected chi connectivity index (χ0v) is 14.3. The second-order valence-electron chi connectivity index (χ2n) is 5.78. The molecule has 2 aromatic heterocycles. The first kappa shape index (κ1) is 16.5. The van der Waals surface area contributed by atoms with Gasteiger partial charge in [0.25, 0.3) is 5.65 Å². The van der Waals surface area contributed by atoms with Crippen LogP contribution in [-0.2, 0) is 13.7 Å². The molecule has 0 aliphatic rings. The molecule has 0 aliphatic carbocycles. The number of benzene rings is 1. The van der Waals surface area contributed by atoms with E-state index in [-0.39, 0.29) is 5.96 Å². The number of hydrogen-bond donors (Lipinski definition) is 2. The number of aryl methyl sites for hydroxylation is 2. The predicted octanol–water partition coefficient (Wildman–Crippen LogP) is 1.26. The molecule has 0 amide bonds. The van der Waals surface area contributed by atoms with Crippen molar-refractivity contribution >= 4 is 17.8 Å². The first-order valence-electron chi connectivity index (χ1n) is 7.84. The van der Waals surface area contributed by atoms with Gasteiger partial charge in [0.15, 0.2) is 12.3 Å². The van der Waals surface area contributed by atoms with E-state index in [4.69, 9.17) is 16.2 Å². The standard InChI is InChI=1S/C18H21N6O/c1-13-3-8-17-23(2)15(11-24(17)10-13)12-25-16-6-4-14(5-7-16)9-21-22-18(19)20/h3-11H,12H2,1-2H3,(H4,19,20,22)/q+1/b21-9+. The molecule has 7 heteroatoms. The first-order valence-corrected chi connectivity index (χ1v) is 7.84.